The number of carbonyl (C=O) groups excluding carboxylic acids is 2. The summed E-state index contributed by atoms with van der Waals surface area (Å²) in [7, 11) is 0. The Morgan fingerprint density at radius 2 is 1.87 bits per heavy atom. The summed E-state index contributed by atoms with van der Waals surface area (Å²) in [6.45, 7) is 4.26. The summed E-state index contributed by atoms with van der Waals surface area (Å²) in [5.74, 6) is -0.883. The molecule has 2 aliphatic heterocycles. The number of nitrogens with zero attached hydrogens (tertiary/aromatic N) is 1. The highest BCUT2D eigenvalue weighted by atomic mass is 16.6. The first kappa shape index (κ1) is 20.4. The van der Waals surface area contributed by atoms with Gasteiger partial charge in [-0.3, -0.25) is 4.90 Å². The quantitative estimate of drug-likeness (QED) is 0.534. The first-order chi connectivity index (χ1) is 14.6. The smallest absolute Gasteiger partial charge is 0.352 e. The Labute approximate surface area is 175 Å². The van der Waals surface area contributed by atoms with E-state index in [1.54, 1.807) is 44.4 Å². The number of benzene rings is 1. The molecule has 2 atom stereocenters. The molecule has 158 valence electrons. The Kier molecular flexibility index (Phi) is 5.74. The molecule has 7 nitrogen and oxygen atoms in total. The summed E-state index contributed by atoms with van der Waals surface area (Å²) < 4.78 is 22.3. The molecule has 30 heavy (non-hydrogen) atoms. The summed E-state index contributed by atoms with van der Waals surface area (Å²) in [6, 6.07) is 10.8. The topological polar surface area (TPSA) is 78.2 Å². The minimum absolute atomic E-state index is 0.124. The highest BCUT2D eigenvalue weighted by Gasteiger charge is 2.65. The summed E-state index contributed by atoms with van der Waals surface area (Å²) in [4.78, 5) is 28.4. The number of fused-ring (bicyclic) bond motifs is 3. The third kappa shape index (κ3) is 3.34. The van der Waals surface area contributed by atoms with Crippen LogP contribution in [0.25, 0.3) is 6.08 Å². The molecule has 0 radical (unpaired) electrons. The van der Waals surface area contributed by atoms with Gasteiger partial charge in [0.2, 0.25) is 0 Å². The van der Waals surface area contributed by atoms with Crippen LogP contribution in [0.3, 0.4) is 0 Å². The van der Waals surface area contributed by atoms with Gasteiger partial charge in [0, 0.05) is 6.54 Å². The lowest BCUT2D eigenvalue weighted by molar-refractivity contribution is -0.189. The van der Waals surface area contributed by atoms with E-state index in [0.29, 0.717) is 12.3 Å². The molecule has 0 N–H and O–H groups in total. The van der Waals surface area contributed by atoms with E-state index < -0.39 is 29.8 Å². The molecule has 2 aliphatic rings. The highest BCUT2D eigenvalue weighted by molar-refractivity contribution is 6.05. The fourth-order valence-electron chi connectivity index (χ4n) is 4.16. The Balaban J connectivity index is 1.82. The molecule has 0 aliphatic carbocycles. The van der Waals surface area contributed by atoms with Crippen LogP contribution in [-0.4, -0.2) is 48.2 Å². The maximum absolute atomic E-state index is 13.2. The lowest BCUT2D eigenvalue weighted by atomic mass is 9.91. The fraction of sp³-hybridized carbons (Fsp3) is 0.391. The van der Waals surface area contributed by atoms with Crippen molar-refractivity contribution in [3.8, 4) is 0 Å². The van der Waals surface area contributed by atoms with Crippen molar-refractivity contribution >= 4 is 18.0 Å². The third-order valence-corrected chi connectivity index (χ3v) is 5.48. The van der Waals surface area contributed by atoms with Crippen LogP contribution in [0.15, 0.2) is 53.2 Å². The van der Waals surface area contributed by atoms with Crippen LogP contribution in [0.5, 0.6) is 0 Å². The van der Waals surface area contributed by atoms with Gasteiger partial charge in [0.05, 0.1) is 25.5 Å². The zero-order valence-electron chi connectivity index (χ0n) is 17.1. The molecule has 0 amide bonds. The zero-order chi connectivity index (χ0) is 21.1. The Morgan fingerprint density at radius 3 is 2.53 bits per heavy atom. The largest absolute Gasteiger partial charge is 0.465 e. The predicted octanol–water partition coefficient (Wildman–Crippen LogP) is 3.11. The second kappa shape index (κ2) is 8.45. The molecule has 1 fully saturated rings. The molecule has 1 saturated heterocycles. The monoisotopic (exact) mass is 411 g/mol. The number of rotatable bonds is 6. The SMILES string of the molecule is CCOC(=O)C1(C(=O)OCC)O[C@@H]2c3ccccc3CCN2[C@H]1/C=C/c1ccco1. The van der Waals surface area contributed by atoms with Crippen LogP contribution in [0.1, 0.15) is 37.0 Å². The van der Waals surface area contributed by atoms with Gasteiger partial charge in [-0.1, -0.05) is 30.3 Å². The Hall–Kier alpha value is -2.90. The summed E-state index contributed by atoms with van der Waals surface area (Å²) in [6.07, 6.45) is 5.29. The van der Waals surface area contributed by atoms with Gasteiger partial charge in [-0.05, 0) is 49.6 Å². The molecule has 1 aromatic heterocycles. The normalized spacial score (nSPS) is 22.5. The molecule has 7 heteroatoms. The van der Waals surface area contributed by atoms with Gasteiger partial charge in [-0.15, -0.1) is 0 Å². The van der Waals surface area contributed by atoms with Crippen LogP contribution < -0.4 is 0 Å². The van der Waals surface area contributed by atoms with Crippen LogP contribution >= 0.6 is 0 Å². The van der Waals surface area contributed by atoms with Crippen molar-refractivity contribution in [2.45, 2.75) is 38.1 Å². The average Bonchev–Trinajstić information content (AvgIpc) is 3.39. The van der Waals surface area contributed by atoms with Crippen molar-refractivity contribution in [2.24, 2.45) is 0 Å². The van der Waals surface area contributed by atoms with Crippen LogP contribution in [0.4, 0.5) is 0 Å². The van der Waals surface area contributed by atoms with E-state index in [-0.39, 0.29) is 13.2 Å². The van der Waals surface area contributed by atoms with Crippen molar-refractivity contribution in [3.05, 3.63) is 65.6 Å². The van der Waals surface area contributed by atoms with E-state index in [9.17, 15) is 9.59 Å². The van der Waals surface area contributed by atoms with Crippen LogP contribution in [-0.2, 0) is 30.2 Å². The van der Waals surface area contributed by atoms with E-state index in [1.165, 1.54) is 0 Å². The number of esters is 2. The van der Waals surface area contributed by atoms with Gasteiger partial charge in [0.1, 0.15) is 12.0 Å². The molecule has 4 rings (SSSR count). The summed E-state index contributed by atoms with van der Waals surface area (Å²) >= 11 is 0. The van der Waals surface area contributed by atoms with Gasteiger partial charge in [-0.2, -0.15) is 0 Å². The molecule has 0 saturated carbocycles. The van der Waals surface area contributed by atoms with E-state index >= 15 is 0 Å². The summed E-state index contributed by atoms with van der Waals surface area (Å²) in [5, 5.41) is 0. The molecular formula is C23H25NO6. The van der Waals surface area contributed by atoms with Gasteiger partial charge >= 0.3 is 11.9 Å². The van der Waals surface area contributed by atoms with Gasteiger partial charge in [0.25, 0.3) is 5.60 Å². The van der Waals surface area contributed by atoms with Gasteiger partial charge in [0.15, 0.2) is 0 Å². The standard InChI is InChI=1S/C23H25NO6/c1-3-27-21(25)23(22(26)28-4-2)19(12-11-17-9-7-15-29-17)24-14-13-16-8-5-6-10-18(16)20(24)30-23/h5-12,15,19-20H,3-4,13-14H2,1-2H3/b12-11+/t19-,20+/m0/s1. The van der Waals surface area contributed by atoms with E-state index in [1.807, 2.05) is 29.2 Å². The highest BCUT2D eigenvalue weighted by Crippen LogP contribution is 2.46. The second-order valence-electron chi connectivity index (χ2n) is 7.15. The van der Waals surface area contributed by atoms with Gasteiger partial charge in [-0.25, -0.2) is 9.59 Å². The van der Waals surface area contributed by atoms with Crippen molar-refractivity contribution in [2.75, 3.05) is 19.8 Å². The predicted molar refractivity (Wildman–Crippen MR) is 108 cm³/mol. The van der Waals surface area contributed by atoms with Gasteiger partial charge < -0.3 is 18.6 Å². The lowest BCUT2D eigenvalue weighted by Crippen LogP contribution is -2.57. The summed E-state index contributed by atoms with van der Waals surface area (Å²) in [5.41, 5.74) is 0.156. The molecule has 1 aromatic carbocycles. The van der Waals surface area contributed by atoms with Crippen molar-refractivity contribution in [1.29, 1.82) is 0 Å². The number of furan rings is 1. The zero-order valence-corrected chi connectivity index (χ0v) is 17.1. The fourth-order valence-corrected chi connectivity index (χ4v) is 4.16. The molecule has 3 heterocycles. The number of hydrogen-bond acceptors (Lipinski definition) is 7. The molecule has 0 bridgehead atoms. The number of hydrogen-bond donors (Lipinski definition) is 0. The Morgan fingerprint density at radius 1 is 1.13 bits per heavy atom. The minimum Gasteiger partial charge on any atom is -0.465 e. The molecule has 2 aromatic rings. The maximum Gasteiger partial charge on any atom is 0.352 e. The molecule has 0 spiro atoms. The van der Waals surface area contributed by atoms with E-state index in [0.717, 1.165) is 17.5 Å². The Bertz CT molecular complexity index is 917. The molecular weight excluding hydrogens is 386 g/mol. The first-order valence-corrected chi connectivity index (χ1v) is 10.2. The van der Waals surface area contributed by atoms with Crippen LogP contribution in [0.2, 0.25) is 0 Å². The average molecular weight is 411 g/mol. The third-order valence-electron chi connectivity index (χ3n) is 5.48. The van der Waals surface area contributed by atoms with Crippen molar-refractivity contribution < 1.29 is 28.2 Å². The number of carbonyl (C=O) groups is 2. The maximum atomic E-state index is 13.2. The van der Waals surface area contributed by atoms with Crippen LogP contribution in [0, 0.1) is 0 Å². The van der Waals surface area contributed by atoms with Crippen molar-refractivity contribution in [1.82, 2.24) is 4.90 Å². The second-order valence-corrected chi connectivity index (χ2v) is 7.15. The number of ether oxygens (including phenoxy) is 3. The van der Waals surface area contributed by atoms with E-state index in [2.05, 4.69) is 0 Å². The molecule has 0 unspecified atom stereocenters. The minimum atomic E-state index is -1.92. The van der Waals surface area contributed by atoms with Crippen molar-refractivity contribution in [3.63, 3.8) is 0 Å². The first-order valence-electron chi connectivity index (χ1n) is 10.2. The van der Waals surface area contributed by atoms with E-state index in [4.69, 9.17) is 18.6 Å². The lowest BCUT2D eigenvalue weighted by Gasteiger charge is -2.33.